The summed E-state index contributed by atoms with van der Waals surface area (Å²) in [5.74, 6) is 1.54. The van der Waals surface area contributed by atoms with Gasteiger partial charge in [-0.15, -0.1) is 26.7 Å². The average molecular weight is 326 g/mol. The van der Waals surface area contributed by atoms with Gasteiger partial charge in [0.2, 0.25) is 0 Å². The summed E-state index contributed by atoms with van der Waals surface area (Å²) in [6, 6.07) is 0. The van der Waals surface area contributed by atoms with Crippen molar-refractivity contribution in [3.8, 4) is 0 Å². The van der Waals surface area contributed by atoms with Crippen LogP contribution in [-0.2, 0) is 17.1 Å². The summed E-state index contributed by atoms with van der Waals surface area (Å²) in [7, 11) is 0. The van der Waals surface area contributed by atoms with Crippen LogP contribution in [0.1, 0.15) is 67.2 Å². The van der Waals surface area contributed by atoms with E-state index in [0.717, 1.165) is 24.7 Å². The first-order chi connectivity index (χ1) is 9.40. The summed E-state index contributed by atoms with van der Waals surface area (Å²) in [4.78, 5) is 0. The SMILES string of the molecule is CC1=CC[C-]=C1CC(C)C.CC1=CC[C-]=C1CC(C)C.[Fe+2]. The molecule has 0 heterocycles. The molecule has 2 aliphatic rings. The third kappa shape index (κ3) is 7.88. The Kier molecular flexibility index (Phi) is 9.99. The van der Waals surface area contributed by atoms with Crippen molar-refractivity contribution in [1.82, 2.24) is 0 Å². The van der Waals surface area contributed by atoms with E-state index < -0.39 is 0 Å². The van der Waals surface area contributed by atoms with Crippen molar-refractivity contribution in [1.29, 1.82) is 0 Å². The molecule has 2 rings (SSSR count). The van der Waals surface area contributed by atoms with Crippen LogP contribution < -0.4 is 0 Å². The fourth-order valence-electron chi connectivity index (χ4n) is 2.46. The van der Waals surface area contributed by atoms with Crippen molar-refractivity contribution >= 4 is 0 Å². The van der Waals surface area contributed by atoms with Crippen molar-refractivity contribution in [2.45, 2.75) is 67.2 Å². The van der Waals surface area contributed by atoms with Crippen LogP contribution in [0.5, 0.6) is 0 Å². The van der Waals surface area contributed by atoms with Crippen LogP contribution >= 0.6 is 0 Å². The minimum absolute atomic E-state index is 0. The fraction of sp³-hybridized carbons (Fsp3) is 0.600. The average Bonchev–Trinajstić information content (AvgIpc) is 2.90. The maximum atomic E-state index is 3.36. The second-order valence-corrected chi connectivity index (χ2v) is 6.69. The minimum atomic E-state index is 0. The van der Waals surface area contributed by atoms with Gasteiger partial charge in [0, 0.05) is 0 Å². The Morgan fingerprint density at radius 2 is 1.14 bits per heavy atom. The van der Waals surface area contributed by atoms with Crippen LogP contribution in [0.2, 0.25) is 0 Å². The van der Waals surface area contributed by atoms with Gasteiger partial charge in [-0.3, -0.25) is 12.2 Å². The predicted octanol–water partition coefficient (Wildman–Crippen LogP) is 6.22. The van der Waals surface area contributed by atoms with Gasteiger partial charge in [0.25, 0.3) is 0 Å². The Bertz CT molecular complexity index is 389. The minimum Gasteiger partial charge on any atom is -0.269 e. The van der Waals surface area contributed by atoms with Crippen molar-refractivity contribution in [3.63, 3.8) is 0 Å². The van der Waals surface area contributed by atoms with Crippen LogP contribution in [0.3, 0.4) is 0 Å². The largest absolute Gasteiger partial charge is 2.00 e. The van der Waals surface area contributed by atoms with E-state index in [9.17, 15) is 0 Å². The first-order valence-electron chi connectivity index (χ1n) is 7.93. The molecule has 21 heavy (non-hydrogen) atoms. The molecule has 2 aliphatic carbocycles. The Balaban J connectivity index is 0.000000364. The molecule has 0 radical (unpaired) electrons. The molecular weight excluding hydrogens is 296 g/mol. The normalized spacial score (nSPS) is 16.8. The molecule has 0 atom stereocenters. The maximum absolute atomic E-state index is 3.36. The number of allylic oxidation sites excluding steroid dienone is 8. The standard InChI is InChI=1S/2C10H15.Fe/c2*1-8(2)7-10-6-4-5-9(10)3;/h2*5,8H,4,7H2,1-3H3;/q2*-1;+2. The Morgan fingerprint density at radius 3 is 1.33 bits per heavy atom. The summed E-state index contributed by atoms with van der Waals surface area (Å²) in [5, 5.41) is 0. The van der Waals surface area contributed by atoms with Gasteiger partial charge in [0.1, 0.15) is 0 Å². The molecule has 1 heteroatoms. The van der Waals surface area contributed by atoms with Crippen molar-refractivity contribution < 1.29 is 17.1 Å². The van der Waals surface area contributed by atoms with Gasteiger partial charge in [-0.25, -0.2) is 22.3 Å². The Labute approximate surface area is 143 Å². The van der Waals surface area contributed by atoms with Gasteiger partial charge in [0.05, 0.1) is 0 Å². The van der Waals surface area contributed by atoms with Gasteiger partial charge >= 0.3 is 17.1 Å². The Morgan fingerprint density at radius 1 is 0.810 bits per heavy atom. The zero-order chi connectivity index (χ0) is 15.1. The molecule has 0 aromatic carbocycles. The summed E-state index contributed by atoms with van der Waals surface area (Å²) in [6.07, 6.45) is 15.7. The van der Waals surface area contributed by atoms with Crippen molar-refractivity contribution in [3.05, 3.63) is 46.6 Å². The van der Waals surface area contributed by atoms with E-state index in [1.54, 1.807) is 0 Å². The van der Waals surface area contributed by atoms with E-state index in [1.807, 2.05) is 0 Å². The van der Waals surface area contributed by atoms with Crippen LogP contribution in [0.4, 0.5) is 0 Å². The molecule has 0 unspecified atom stereocenters. The second kappa shape index (κ2) is 10.2. The molecule has 0 N–H and O–H groups in total. The topological polar surface area (TPSA) is 0 Å². The van der Waals surface area contributed by atoms with Gasteiger partial charge in [0.15, 0.2) is 0 Å². The van der Waals surface area contributed by atoms with E-state index in [1.165, 1.54) is 35.1 Å². The molecule has 118 valence electrons. The summed E-state index contributed by atoms with van der Waals surface area (Å²) >= 11 is 0. The first kappa shape index (κ1) is 20.5. The number of rotatable bonds is 4. The van der Waals surface area contributed by atoms with E-state index in [4.69, 9.17) is 0 Å². The second-order valence-electron chi connectivity index (χ2n) is 6.69. The van der Waals surface area contributed by atoms with Crippen molar-refractivity contribution in [2.75, 3.05) is 0 Å². The molecule has 0 aliphatic heterocycles. The molecule has 0 bridgehead atoms. The van der Waals surface area contributed by atoms with E-state index in [2.05, 4.69) is 65.8 Å². The smallest absolute Gasteiger partial charge is 0.269 e. The molecular formula is C20H30Fe. The Hall–Kier alpha value is -0.521. The van der Waals surface area contributed by atoms with Crippen LogP contribution in [0, 0.1) is 24.0 Å². The fourth-order valence-corrected chi connectivity index (χ4v) is 2.46. The van der Waals surface area contributed by atoms with E-state index in [0.29, 0.717) is 0 Å². The monoisotopic (exact) mass is 326 g/mol. The molecule has 0 spiro atoms. The zero-order valence-corrected chi connectivity index (χ0v) is 15.6. The predicted molar refractivity (Wildman–Crippen MR) is 89.2 cm³/mol. The third-order valence-corrected chi connectivity index (χ3v) is 3.62. The van der Waals surface area contributed by atoms with Crippen LogP contribution in [-0.4, -0.2) is 0 Å². The molecule has 0 aromatic rings. The van der Waals surface area contributed by atoms with Gasteiger partial charge < -0.3 is 0 Å². The summed E-state index contributed by atoms with van der Waals surface area (Å²) in [6.45, 7) is 13.4. The van der Waals surface area contributed by atoms with Crippen LogP contribution in [0.25, 0.3) is 0 Å². The van der Waals surface area contributed by atoms with Gasteiger partial charge in [-0.2, -0.15) is 12.2 Å². The van der Waals surface area contributed by atoms with Gasteiger partial charge in [-0.1, -0.05) is 40.5 Å². The first-order valence-corrected chi connectivity index (χ1v) is 7.93. The maximum Gasteiger partial charge on any atom is 2.00 e. The molecule has 0 amide bonds. The molecule has 0 fully saturated rings. The number of hydrogen-bond acceptors (Lipinski definition) is 0. The van der Waals surface area contributed by atoms with Gasteiger partial charge in [-0.05, 0) is 11.8 Å². The molecule has 0 saturated carbocycles. The zero-order valence-electron chi connectivity index (χ0n) is 14.5. The van der Waals surface area contributed by atoms with E-state index >= 15 is 0 Å². The number of hydrogen-bond donors (Lipinski definition) is 0. The quantitative estimate of drug-likeness (QED) is 0.425. The summed E-state index contributed by atoms with van der Waals surface area (Å²) < 4.78 is 0. The third-order valence-electron chi connectivity index (χ3n) is 3.62. The summed E-state index contributed by atoms with van der Waals surface area (Å²) in [5.41, 5.74) is 5.76. The molecule has 0 saturated heterocycles. The molecule has 0 nitrogen and oxygen atoms in total. The van der Waals surface area contributed by atoms with Crippen molar-refractivity contribution in [2.24, 2.45) is 11.8 Å². The molecule has 0 aromatic heterocycles. The van der Waals surface area contributed by atoms with Crippen LogP contribution in [0.15, 0.2) is 34.4 Å². The van der Waals surface area contributed by atoms with E-state index in [-0.39, 0.29) is 17.1 Å².